The summed E-state index contributed by atoms with van der Waals surface area (Å²) in [5.41, 5.74) is 0. The second-order valence-corrected chi connectivity index (χ2v) is 1.95. The number of hydrogen-bond donors (Lipinski definition) is 0. The van der Waals surface area contributed by atoms with Gasteiger partial charge in [-0.25, -0.2) is 0 Å². The Morgan fingerprint density at radius 2 is 1.90 bits per heavy atom. The lowest BCUT2D eigenvalue weighted by Gasteiger charge is -2.09. The van der Waals surface area contributed by atoms with Crippen LogP contribution in [0.15, 0.2) is 24.8 Å². The fraction of sp³-hybridized carbons (Fsp3) is 0.429. The normalized spacial score (nSPS) is 15.6. The van der Waals surface area contributed by atoms with Crippen LogP contribution in [0.2, 0.25) is 0 Å². The van der Waals surface area contributed by atoms with Gasteiger partial charge in [0.05, 0.1) is 5.92 Å². The SMILES string of the molecule is C=C/C=C\C(C)C(F)(F)F. The van der Waals surface area contributed by atoms with Crippen LogP contribution in [0.1, 0.15) is 6.92 Å². The van der Waals surface area contributed by atoms with E-state index in [0.29, 0.717) is 0 Å². The molecule has 0 amide bonds. The van der Waals surface area contributed by atoms with Crippen molar-refractivity contribution in [2.45, 2.75) is 13.1 Å². The smallest absolute Gasteiger partial charge is 0.170 e. The molecule has 0 radical (unpaired) electrons. The van der Waals surface area contributed by atoms with E-state index in [9.17, 15) is 13.2 Å². The summed E-state index contributed by atoms with van der Waals surface area (Å²) in [6.45, 7) is 4.36. The fourth-order valence-electron chi connectivity index (χ4n) is 0.354. The molecule has 0 aliphatic rings. The van der Waals surface area contributed by atoms with E-state index in [1.807, 2.05) is 0 Å². The molecule has 0 rings (SSSR count). The second kappa shape index (κ2) is 3.44. The molecule has 0 aromatic carbocycles. The van der Waals surface area contributed by atoms with E-state index < -0.39 is 12.1 Å². The van der Waals surface area contributed by atoms with Gasteiger partial charge in [-0.3, -0.25) is 0 Å². The molecule has 0 spiro atoms. The van der Waals surface area contributed by atoms with Gasteiger partial charge in [0, 0.05) is 0 Å². The lowest BCUT2D eigenvalue weighted by Crippen LogP contribution is -2.17. The molecule has 0 aliphatic carbocycles. The van der Waals surface area contributed by atoms with E-state index >= 15 is 0 Å². The van der Waals surface area contributed by atoms with Crippen LogP contribution in [-0.2, 0) is 0 Å². The molecule has 0 saturated carbocycles. The van der Waals surface area contributed by atoms with Gasteiger partial charge >= 0.3 is 6.18 Å². The van der Waals surface area contributed by atoms with Crippen LogP contribution in [0.4, 0.5) is 13.2 Å². The molecule has 0 bridgehead atoms. The van der Waals surface area contributed by atoms with Gasteiger partial charge in [-0.05, 0) is 0 Å². The largest absolute Gasteiger partial charge is 0.394 e. The Balaban J connectivity index is 3.96. The van der Waals surface area contributed by atoms with Crippen molar-refractivity contribution < 1.29 is 13.2 Å². The van der Waals surface area contributed by atoms with E-state index in [4.69, 9.17) is 0 Å². The topological polar surface area (TPSA) is 0 Å². The van der Waals surface area contributed by atoms with Crippen LogP contribution >= 0.6 is 0 Å². The Hall–Kier alpha value is -0.730. The third-order valence-corrected chi connectivity index (χ3v) is 1.05. The van der Waals surface area contributed by atoms with Crippen LogP contribution < -0.4 is 0 Å². The van der Waals surface area contributed by atoms with Crippen LogP contribution in [0, 0.1) is 5.92 Å². The average Bonchev–Trinajstić information content (AvgIpc) is 1.80. The van der Waals surface area contributed by atoms with Gasteiger partial charge in [-0.2, -0.15) is 13.2 Å². The molecule has 0 aromatic heterocycles. The highest BCUT2D eigenvalue weighted by atomic mass is 19.4. The Kier molecular flexibility index (Phi) is 3.19. The summed E-state index contributed by atoms with van der Waals surface area (Å²) >= 11 is 0. The summed E-state index contributed by atoms with van der Waals surface area (Å²) < 4.78 is 35.1. The standard InChI is InChI=1S/C7H9F3/c1-3-4-5-6(2)7(8,9)10/h3-6H,1H2,2H3/b5-4-. The summed E-state index contributed by atoms with van der Waals surface area (Å²) in [6.07, 6.45) is -0.451. The van der Waals surface area contributed by atoms with E-state index in [-0.39, 0.29) is 0 Å². The van der Waals surface area contributed by atoms with Crippen molar-refractivity contribution in [2.24, 2.45) is 5.92 Å². The maximum absolute atomic E-state index is 11.7. The molecule has 58 valence electrons. The third kappa shape index (κ3) is 3.33. The maximum atomic E-state index is 11.7. The second-order valence-electron chi connectivity index (χ2n) is 1.95. The number of alkyl halides is 3. The van der Waals surface area contributed by atoms with Gasteiger partial charge in [0.2, 0.25) is 0 Å². The van der Waals surface area contributed by atoms with Crippen molar-refractivity contribution in [3.05, 3.63) is 24.8 Å². The van der Waals surface area contributed by atoms with Crippen LogP contribution in [-0.4, -0.2) is 6.18 Å². The molecule has 1 unspecified atom stereocenters. The highest BCUT2D eigenvalue weighted by Gasteiger charge is 2.33. The molecule has 10 heavy (non-hydrogen) atoms. The molecular formula is C7H9F3. The first kappa shape index (κ1) is 9.27. The first-order valence-corrected chi connectivity index (χ1v) is 2.84. The number of hydrogen-bond acceptors (Lipinski definition) is 0. The zero-order valence-corrected chi connectivity index (χ0v) is 5.65. The zero-order valence-electron chi connectivity index (χ0n) is 5.65. The van der Waals surface area contributed by atoms with Gasteiger partial charge in [-0.15, -0.1) is 0 Å². The predicted molar refractivity (Wildman–Crippen MR) is 34.6 cm³/mol. The van der Waals surface area contributed by atoms with Gasteiger partial charge in [0.15, 0.2) is 0 Å². The van der Waals surface area contributed by atoms with Crippen LogP contribution in [0.3, 0.4) is 0 Å². The molecule has 0 fully saturated rings. The maximum Gasteiger partial charge on any atom is 0.394 e. The predicted octanol–water partition coefficient (Wildman–Crippen LogP) is 2.93. The third-order valence-electron chi connectivity index (χ3n) is 1.05. The van der Waals surface area contributed by atoms with Crippen molar-refractivity contribution in [3.63, 3.8) is 0 Å². The minimum atomic E-state index is -4.13. The van der Waals surface area contributed by atoms with Crippen molar-refractivity contribution in [1.29, 1.82) is 0 Å². The molecule has 0 heterocycles. The lowest BCUT2D eigenvalue weighted by atomic mass is 10.1. The first-order chi connectivity index (χ1) is 4.48. The van der Waals surface area contributed by atoms with E-state index in [0.717, 1.165) is 13.0 Å². The zero-order chi connectivity index (χ0) is 8.20. The Morgan fingerprint density at radius 3 is 2.20 bits per heavy atom. The minimum Gasteiger partial charge on any atom is -0.170 e. The lowest BCUT2D eigenvalue weighted by molar-refractivity contribution is -0.156. The molecule has 0 saturated heterocycles. The Labute approximate surface area is 58.0 Å². The summed E-state index contributed by atoms with van der Waals surface area (Å²) in [5, 5.41) is 0. The molecule has 1 atom stereocenters. The van der Waals surface area contributed by atoms with Gasteiger partial charge in [0.1, 0.15) is 0 Å². The monoisotopic (exact) mass is 150 g/mol. The Bertz CT molecular complexity index is 132. The molecule has 0 nitrogen and oxygen atoms in total. The summed E-state index contributed by atoms with van der Waals surface area (Å²) in [6, 6.07) is 0. The number of allylic oxidation sites excluding steroid dienone is 3. The summed E-state index contributed by atoms with van der Waals surface area (Å²) in [5.74, 6) is -1.38. The van der Waals surface area contributed by atoms with Gasteiger partial charge < -0.3 is 0 Å². The molecular weight excluding hydrogens is 141 g/mol. The quantitative estimate of drug-likeness (QED) is 0.531. The first-order valence-electron chi connectivity index (χ1n) is 2.84. The molecule has 0 N–H and O–H groups in total. The minimum absolute atomic E-state index is 1.06. The van der Waals surface area contributed by atoms with Crippen molar-refractivity contribution in [1.82, 2.24) is 0 Å². The number of halogens is 3. The van der Waals surface area contributed by atoms with Crippen molar-refractivity contribution >= 4 is 0 Å². The number of rotatable bonds is 2. The van der Waals surface area contributed by atoms with Gasteiger partial charge in [-0.1, -0.05) is 31.7 Å². The highest BCUT2D eigenvalue weighted by molar-refractivity contribution is 5.00. The van der Waals surface area contributed by atoms with E-state index in [2.05, 4.69) is 6.58 Å². The average molecular weight is 150 g/mol. The summed E-state index contributed by atoms with van der Waals surface area (Å²) in [7, 11) is 0. The highest BCUT2D eigenvalue weighted by Crippen LogP contribution is 2.26. The molecule has 0 aromatic rings. The van der Waals surface area contributed by atoms with Crippen molar-refractivity contribution in [3.8, 4) is 0 Å². The van der Waals surface area contributed by atoms with Crippen molar-refractivity contribution in [2.75, 3.05) is 0 Å². The van der Waals surface area contributed by atoms with Crippen LogP contribution in [0.5, 0.6) is 0 Å². The van der Waals surface area contributed by atoms with E-state index in [1.54, 1.807) is 0 Å². The fourth-order valence-corrected chi connectivity index (χ4v) is 0.354. The van der Waals surface area contributed by atoms with E-state index in [1.165, 1.54) is 12.2 Å². The van der Waals surface area contributed by atoms with Crippen LogP contribution in [0.25, 0.3) is 0 Å². The van der Waals surface area contributed by atoms with Gasteiger partial charge in [0.25, 0.3) is 0 Å². The molecule has 3 heteroatoms. The molecule has 0 aliphatic heterocycles. The summed E-state index contributed by atoms with van der Waals surface area (Å²) in [4.78, 5) is 0. The Morgan fingerprint density at radius 1 is 1.40 bits per heavy atom.